The van der Waals surface area contributed by atoms with Gasteiger partial charge in [0, 0.05) is 6.42 Å². The van der Waals surface area contributed by atoms with Gasteiger partial charge >= 0.3 is 0 Å². The molecule has 188 valence electrons. The van der Waals surface area contributed by atoms with Crippen LogP contribution in [0.15, 0.2) is 66.7 Å². The summed E-state index contributed by atoms with van der Waals surface area (Å²) in [6, 6.07) is 18.6. The van der Waals surface area contributed by atoms with Crippen molar-refractivity contribution in [3.63, 3.8) is 0 Å². The quantitative estimate of drug-likeness (QED) is 0.148. The van der Waals surface area contributed by atoms with Crippen molar-refractivity contribution in [2.75, 3.05) is 0 Å². The molecule has 0 aliphatic rings. The molecular weight excluding hydrogens is 426 g/mol. The maximum Gasteiger partial charge on any atom is 0.296 e. The van der Waals surface area contributed by atoms with Gasteiger partial charge in [0.1, 0.15) is 0 Å². The van der Waals surface area contributed by atoms with E-state index in [1.54, 1.807) is 0 Å². The lowest BCUT2D eigenvalue weighted by Gasteiger charge is -2.18. The molecule has 35 heavy (non-hydrogen) atoms. The molecule has 0 fully saturated rings. The molecule has 2 rings (SSSR count). The van der Waals surface area contributed by atoms with Gasteiger partial charge in [-0.15, -0.1) is 0 Å². The average Bonchev–Trinajstić information content (AvgIpc) is 2.88. The number of carbonyl (C=O) groups is 1. The Morgan fingerprint density at radius 2 is 1.46 bits per heavy atom. The van der Waals surface area contributed by atoms with Crippen molar-refractivity contribution in [2.24, 2.45) is 0 Å². The van der Waals surface area contributed by atoms with Gasteiger partial charge in [-0.1, -0.05) is 130 Å². The summed E-state index contributed by atoms with van der Waals surface area (Å²) in [6.45, 7) is 4.36. The minimum absolute atomic E-state index is 0.0834. The fourth-order valence-electron chi connectivity index (χ4n) is 4.17. The first kappa shape index (κ1) is 28.4. The summed E-state index contributed by atoms with van der Waals surface area (Å²) in [5, 5.41) is 3.12. The molecule has 2 aromatic rings. The predicted octanol–water partition coefficient (Wildman–Crippen LogP) is 8.66. The van der Waals surface area contributed by atoms with Crippen molar-refractivity contribution in [1.82, 2.24) is 5.32 Å². The summed E-state index contributed by atoms with van der Waals surface area (Å²) in [5.74, 6) is 5.66. The SMILES string of the molecule is CCCCCCCCCC/C=C\CCCC#CC(=O)NC(Cc1ccc(C)cc1)c1ccccc1. The molecular formula is C33H45NO. The van der Waals surface area contributed by atoms with E-state index in [9.17, 15) is 4.79 Å². The maximum atomic E-state index is 12.5. The number of benzene rings is 2. The molecule has 0 heterocycles. The van der Waals surface area contributed by atoms with E-state index in [1.165, 1.54) is 68.9 Å². The number of unbranched alkanes of at least 4 members (excludes halogenated alkanes) is 10. The largest absolute Gasteiger partial charge is 0.338 e. The van der Waals surface area contributed by atoms with E-state index in [1.807, 2.05) is 18.2 Å². The number of allylic oxidation sites excluding steroid dienone is 2. The Hall–Kier alpha value is -2.79. The molecule has 1 atom stereocenters. The van der Waals surface area contributed by atoms with E-state index in [0.29, 0.717) is 0 Å². The van der Waals surface area contributed by atoms with E-state index in [2.05, 4.69) is 79.6 Å². The Balaban J connectivity index is 1.64. The third-order valence-corrected chi connectivity index (χ3v) is 6.33. The Morgan fingerprint density at radius 1 is 0.829 bits per heavy atom. The molecule has 0 spiro atoms. The van der Waals surface area contributed by atoms with Crippen molar-refractivity contribution < 1.29 is 4.79 Å². The first-order valence-corrected chi connectivity index (χ1v) is 13.7. The molecule has 0 aromatic heterocycles. The molecule has 0 radical (unpaired) electrons. The van der Waals surface area contributed by atoms with E-state index in [-0.39, 0.29) is 11.9 Å². The number of hydrogen-bond acceptors (Lipinski definition) is 1. The zero-order valence-corrected chi connectivity index (χ0v) is 22.0. The van der Waals surface area contributed by atoms with E-state index < -0.39 is 0 Å². The lowest BCUT2D eigenvalue weighted by atomic mass is 9.98. The third-order valence-electron chi connectivity index (χ3n) is 6.33. The average molecular weight is 472 g/mol. The van der Waals surface area contributed by atoms with Gasteiger partial charge in [0.05, 0.1) is 6.04 Å². The highest BCUT2D eigenvalue weighted by molar-refractivity contribution is 5.93. The van der Waals surface area contributed by atoms with Crippen LogP contribution in [0.5, 0.6) is 0 Å². The first-order chi connectivity index (χ1) is 17.2. The summed E-state index contributed by atoms with van der Waals surface area (Å²) in [7, 11) is 0. The van der Waals surface area contributed by atoms with Gasteiger partial charge < -0.3 is 5.32 Å². The van der Waals surface area contributed by atoms with Crippen molar-refractivity contribution in [1.29, 1.82) is 0 Å². The second kappa shape index (κ2) is 18.5. The minimum atomic E-state index is -0.198. The molecule has 0 aliphatic heterocycles. The smallest absolute Gasteiger partial charge is 0.296 e. The molecule has 2 nitrogen and oxygen atoms in total. The summed E-state index contributed by atoms with van der Waals surface area (Å²) < 4.78 is 0. The molecule has 2 heteroatoms. The van der Waals surface area contributed by atoms with E-state index in [4.69, 9.17) is 0 Å². The Labute approximate surface area is 214 Å². The summed E-state index contributed by atoms with van der Waals surface area (Å²) in [6.07, 6.45) is 20.3. The van der Waals surface area contributed by atoms with Gasteiger partial charge in [-0.3, -0.25) is 4.79 Å². The van der Waals surface area contributed by atoms with Crippen LogP contribution in [-0.2, 0) is 11.2 Å². The maximum absolute atomic E-state index is 12.5. The number of amides is 1. The second-order valence-corrected chi connectivity index (χ2v) is 9.56. The van der Waals surface area contributed by atoms with Crippen LogP contribution < -0.4 is 5.32 Å². The van der Waals surface area contributed by atoms with Gasteiger partial charge in [0.2, 0.25) is 0 Å². The number of nitrogens with one attached hydrogen (secondary N) is 1. The lowest BCUT2D eigenvalue weighted by molar-refractivity contribution is -0.116. The van der Waals surface area contributed by atoms with Gasteiger partial charge in [0.15, 0.2) is 0 Å². The van der Waals surface area contributed by atoms with Gasteiger partial charge in [0.25, 0.3) is 5.91 Å². The third kappa shape index (κ3) is 13.6. The number of carbonyl (C=O) groups excluding carboxylic acids is 1. The number of rotatable bonds is 16. The first-order valence-electron chi connectivity index (χ1n) is 13.7. The zero-order chi connectivity index (χ0) is 25.0. The van der Waals surface area contributed by atoms with Crippen LogP contribution in [0.1, 0.15) is 107 Å². The molecule has 1 unspecified atom stereocenters. The number of hydrogen-bond donors (Lipinski definition) is 1. The minimum Gasteiger partial charge on any atom is -0.338 e. The molecule has 0 saturated carbocycles. The highest BCUT2D eigenvalue weighted by atomic mass is 16.1. The second-order valence-electron chi connectivity index (χ2n) is 9.56. The summed E-state index contributed by atoms with van der Waals surface area (Å²) in [4.78, 5) is 12.5. The Morgan fingerprint density at radius 3 is 2.14 bits per heavy atom. The lowest BCUT2D eigenvalue weighted by Crippen LogP contribution is -2.28. The van der Waals surface area contributed by atoms with E-state index >= 15 is 0 Å². The van der Waals surface area contributed by atoms with Crippen molar-refractivity contribution >= 4 is 5.91 Å². The van der Waals surface area contributed by atoms with Gasteiger partial charge in [-0.25, -0.2) is 0 Å². The monoisotopic (exact) mass is 471 g/mol. The van der Waals surface area contributed by atoms with Crippen LogP contribution >= 0.6 is 0 Å². The van der Waals surface area contributed by atoms with Crippen molar-refractivity contribution in [2.45, 2.75) is 103 Å². The number of aryl methyl sites for hydroxylation is 1. The van der Waals surface area contributed by atoms with Crippen molar-refractivity contribution in [3.05, 3.63) is 83.4 Å². The molecule has 0 saturated heterocycles. The van der Waals surface area contributed by atoms with Crippen LogP contribution in [0.25, 0.3) is 0 Å². The van der Waals surface area contributed by atoms with Gasteiger partial charge in [-0.05, 0) is 56.1 Å². The normalized spacial score (nSPS) is 11.7. The Bertz CT molecular complexity index is 902. The summed E-state index contributed by atoms with van der Waals surface area (Å²) >= 11 is 0. The molecule has 2 aromatic carbocycles. The molecule has 0 bridgehead atoms. The Kier molecular flexibility index (Phi) is 15.1. The summed E-state index contributed by atoms with van der Waals surface area (Å²) in [5.41, 5.74) is 3.55. The highest BCUT2D eigenvalue weighted by Crippen LogP contribution is 2.19. The molecule has 0 aliphatic carbocycles. The highest BCUT2D eigenvalue weighted by Gasteiger charge is 2.14. The zero-order valence-electron chi connectivity index (χ0n) is 22.0. The van der Waals surface area contributed by atoms with Crippen LogP contribution in [0.3, 0.4) is 0 Å². The molecule has 1 N–H and O–H groups in total. The fourth-order valence-corrected chi connectivity index (χ4v) is 4.17. The van der Waals surface area contributed by atoms with Crippen LogP contribution in [0.4, 0.5) is 0 Å². The standard InChI is InChI=1S/C33H45NO/c1-3-4-5-6-7-8-9-10-11-12-13-14-15-16-20-23-33(35)34-32(31-21-18-17-19-22-31)28-30-26-24-29(2)25-27-30/h12-13,17-19,21-22,24-27,32H,3-11,14-16,28H2,1-2H3,(H,34,35)/b13-12-. The van der Waals surface area contributed by atoms with Crippen LogP contribution in [0, 0.1) is 18.8 Å². The van der Waals surface area contributed by atoms with Crippen LogP contribution in [0.2, 0.25) is 0 Å². The molecule has 1 amide bonds. The van der Waals surface area contributed by atoms with E-state index in [0.717, 1.165) is 31.2 Å². The predicted molar refractivity (Wildman–Crippen MR) is 150 cm³/mol. The van der Waals surface area contributed by atoms with Crippen LogP contribution in [-0.4, -0.2) is 5.91 Å². The topological polar surface area (TPSA) is 29.1 Å². The van der Waals surface area contributed by atoms with Gasteiger partial charge in [-0.2, -0.15) is 0 Å². The fraction of sp³-hybridized carbons (Fsp3) is 0.485. The van der Waals surface area contributed by atoms with Crippen molar-refractivity contribution in [3.8, 4) is 11.8 Å².